The molecule has 3 rings (SSSR count). The summed E-state index contributed by atoms with van der Waals surface area (Å²) in [6.45, 7) is -2.94. The molecule has 0 aromatic heterocycles. The van der Waals surface area contributed by atoms with E-state index in [0.29, 0.717) is 17.0 Å². The minimum absolute atomic E-state index is 0.0326. The van der Waals surface area contributed by atoms with E-state index in [1.165, 1.54) is 12.1 Å². The molecule has 0 spiro atoms. The van der Waals surface area contributed by atoms with E-state index in [1.54, 1.807) is 12.1 Å². The lowest BCUT2D eigenvalue weighted by molar-refractivity contribution is -0.0494. The molecule has 0 atom stereocenters. The van der Waals surface area contributed by atoms with Crippen LogP contribution >= 0.6 is 0 Å². The van der Waals surface area contributed by atoms with Crippen molar-refractivity contribution in [2.75, 3.05) is 0 Å². The van der Waals surface area contributed by atoms with E-state index in [2.05, 4.69) is 4.74 Å². The summed E-state index contributed by atoms with van der Waals surface area (Å²) < 4.78 is 42.8. The second kappa shape index (κ2) is 6.01. The first-order valence-electron chi connectivity index (χ1n) is 7.13. The summed E-state index contributed by atoms with van der Waals surface area (Å²) in [4.78, 5) is 0. The van der Waals surface area contributed by atoms with Crippen LogP contribution in [0.15, 0.2) is 42.5 Å². The molecule has 0 saturated heterocycles. The van der Waals surface area contributed by atoms with Gasteiger partial charge in [0, 0.05) is 11.6 Å². The molecule has 5 heteroatoms. The molecular weight excluding hydrogens is 291 g/mol. The Morgan fingerprint density at radius 2 is 1.73 bits per heavy atom. The Balaban J connectivity index is 1.88. The molecule has 0 amide bonds. The minimum Gasteiger partial charge on any atom is -0.434 e. The molecule has 2 nitrogen and oxygen atoms in total. The molecule has 0 unspecified atom stereocenters. The molecule has 1 fully saturated rings. The lowest BCUT2D eigenvalue weighted by Crippen LogP contribution is -2.34. The van der Waals surface area contributed by atoms with Crippen LogP contribution in [0.4, 0.5) is 13.2 Å². The molecule has 116 valence electrons. The van der Waals surface area contributed by atoms with E-state index in [1.807, 2.05) is 12.1 Å². The summed E-state index contributed by atoms with van der Waals surface area (Å²) in [7, 11) is 0. The molecule has 22 heavy (non-hydrogen) atoms. The predicted molar refractivity (Wildman–Crippen MR) is 78.4 cm³/mol. The topological polar surface area (TPSA) is 35.2 Å². The zero-order chi connectivity index (χ0) is 15.7. The molecule has 2 N–H and O–H groups in total. The van der Waals surface area contributed by atoms with Crippen LogP contribution < -0.4 is 10.5 Å². The number of ether oxygens (including phenoxy) is 1. The van der Waals surface area contributed by atoms with Crippen molar-refractivity contribution >= 4 is 0 Å². The average Bonchev–Trinajstić information content (AvgIpc) is 2.46. The maximum Gasteiger partial charge on any atom is 0.387 e. The van der Waals surface area contributed by atoms with Crippen molar-refractivity contribution in [3.8, 4) is 16.9 Å². The van der Waals surface area contributed by atoms with Crippen LogP contribution in [0.5, 0.6) is 5.75 Å². The summed E-state index contributed by atoms with van der Waals surface area (Å²) in [6.07, 6.45) is 1.91. The lowest BCUT2D eigenvalue weighted by atomic mass is 9.76. The van der Waals surface area contributed by atoms with E-state index in [-0.39, 0.29) is 11.8 Å². The van der Waals surface area contributed by atoms with Crippen LogP contribution in [0.3, 0.4) is 0 Å². The normalized spacial score (nSPS) is 20.8. The SMILES string of the molecule is NC1CC(c2ccc(-c3cc(F)ccc3OC(F)F)cc2)C1. The molecule has 2 aromatic carbocycles. The van der Waals surface area contributed by atoms with Gasteiger partial charge in [0.15, 0.2) is 0 Å². The van der Waals surface area contributed by atoms with Crippen molar-refractivity contribution in [2.24, 2.45) is 5.73 Å². The Labute approximate surface area is 126 Å². The molecule has 1 aliphatic carbocycles. The first-order valence-corrected chi connectivity index (χ1v) is 7.13. The molecule has 0 aliphatic heterocycles. The first kappa shape index (κ1) is 14.9. The van der Waals surface area contributed by atoms with Crippen LogP contribution in [-0.4, -0.2) is 12.7 Å². The van der Waals surface area contributed by atoms with E-state index in [4.69, 9.17) is 5.73 Å². The summed E-state index contributed by atoms with van der Waals surface area (Å²) in [6, 6.07) is 11.2. The van der Waals surface area contributed by atoms with Crippen LogP contribution in [0.25, 0.3) is 11.1 Å². The highest BCUT2D eigenvalue weighted by Crippen LogP contribution is 2.37. The summed E-state index contributed by atoms with van der Waals surface area (Å²) in [5, 5.41) is 0. The number of alkyl halides is 2. The van der Waals surface area contributed by atoms with Crippen molar-refractivity contribution in [1.29, 1.82) is 0 Å². The molecular formula is C17H16F3NO. The van der Waals surface area contributed by atoms with Gasteiger partial charge < -0.3 is 10.5 Å². The largest absolute Gasteiger partial charge is 0.434 e. The van der Waals surface area contributed by atoms with Gasteiger partial charge in [0.2, 0.25) is 0 Å². The minimum atomic E-state index is -2.94. The maximum absolute atomic E-state index is 13.4. The van der Waals surface area contributed by atoms with Crippen molar-refractivity contribution in [2.45, 2.75) is 31.4 Å². The fourth-order valence-corrected chi connectivity index (χ4v) is 2.80. The number of benzene rings is 2. The highest BCUT2D eigenvalue weighted by atomic mass is 19.3. The van der Waals surface area contributed by atoms with Crippen LogP contribution in [0.1, 0.15) is 24.3 Å². The Morgan fingerprint density at radius 1 is 1.05 bits per heavy atom. The van der Waals surface area contributed by atoms with Gasteiger partial charge in [-0.1, -0.05) is 24.3 Å². The summed E-state index contributed by atoms with van der Waals surface area (Å²) in [5.41, 5.74) is 7.90. The predicted octanol–water partition coefficient (Wildman–Crippen LogP) is 4.30. The Morgan fingerprint density at radius 3 is 2.32 bits per heavy atom. The van der Waals surface area contributed by atoms with E-state index in [0.717, 1.165) is 24.5 Å². The standard InChI is InChI=1S/C17H16F3NO/c18-13-5-6-16(22-17(19)20)15(9-13)11-3-1-10(2-4-11)12-7-14(21)8-12/h1-6,9,12,14,17H,7-8,21H2. The second-order valence-electron chi connectivity index (χ2n) is 5.57. The third-order valence-corrected chi connectivity index (χ3v) is 4.03. The van der Waals surface area contributed by atoms with Crippen molar-refractivity contribution in [1.82, 2.24) is 0 Å². The van der Waals surface area contributed by atoms with Crippen molar-refractivity contribution < 1.29 is 17.9 Å². The van der Waals surface area contributed by atoms with E-state index in [9.17, 15) is 13.2 Å². The highest BCUT2D eigenvalue weighted by molar-refractivity contribution is 5.70. The quantitative estimate of drug-likeness (QED) is 0.914. The molecule has 0 heterocycles. The van der Waals surface area contributed by atoms with Gasteiger partial charge in [0.1, 0.15) is 11.6 Å². The maximum atomic E-state index is 13.4. The van der Waals surface area contributed by atoms with Gasteiger partial charge in [0.05, 0.1) is 0 Å². The van der Waals surface area contributed by atoms with Crippen LogP contribution in [0.2, 0.25) is 0 Å². The third kappa shape index (κ3) is 3.09. The molecule has 0 radical (unpaired) electrons. The smallest absolute Gasteiger partial charge is 0.387 e. The van der Waals surface area contributed by atoms with Gasteiger partial charge in [0.25, 0.3) is 0 Å². The number of rotatable bonds is 4. The number of nitrogens with two attached hydrogens (primary N) is 1. The van der Waals surface area contributed by atoms with Gasteiger partial charge in [-0.3, -0.25) is 0 Å². The van der Waals surface area contributed by atoms with Crippen molar-refractivity contribution in [3.63, 3.8) is 0 Å². The lowest BCUT2D eigenvalue weighted by Gasteiger charge is -2.32. The fraction of sp³-hybridized carbons (Fsp3) is 0.294. The molecule has 1 aliphatic rings. The Hall–Kier alpha value is -2.01. The van der Waals surface area contributed by atoms with Gasteiger partial charge >= 0.3 is 6.61 Å². The zero-order valence-corrected chi connectivity index (χ0v) is 11.8. The number of halogens is 3. The van der Waals surface area contributed by atoms with E-state index >= 15 is 0 Å². The first-order chi connectivity index (χ1) is 10.5. The highest BCUT2D eigenvalue weighted by Gasteiger charge is 2.27. The van der Waals surface area contributed by atoms with Gasteiger partial charge in [-0.2, -0.15) is 8.78 Å². The van der Waals surface area contributed by atoms with Crippen LogP contribution in [0, 0.1) is 5.82 Å². The monoisotopic (exact) mass is 307 g/mol. The van der Waals surface area contributed by atoms with Gasteiger partial charge in [-0.15, -0.1) is 0 Å². The summed E-state index contributed by atoms with van der Waals surface area (Å²) in [5.74, 6) is -0.0752. The summed E-state index contributed by atoms with van der Waals surface area (Å²) >= 11 is 0. The Bertz CT molecular complexity index is 651. The van der Waals surface area contributed by atoms with E-state index < -0.39 is 12.4 Å². The van der Waals surface area contributed by atoms with Gasteiger partial charge in [-0.05, 0) is 48.1 Å². The third-order valence-electron chi connectivity index (χ3n) is 4.03. The van der Waals surface area contributed by atoms with Crippen LogP contribution in [-0.2, 0) is 0 Å². The number of hydrogen-bond acceptors (Lipinski definition) is 2. The molecule has 0 bridgehead atoms. The fourth-order valence-electron chi connectivity index (χ4n) is 2.80. The molecule has 2 aromatic rings. The number of hydrogen-bond donors (Lipinski definition) is 1. The molecule has 1 saturated carbocycles. The van der Waals surface area contributed by atoms with Crippen molar-refractivity contribution in [3.05, 3.63) is 53.8 Å². The zero-order valence-electron chi connectivity index (χ0n) is 11.8. The average molecular weight is 307 g/mol. The second-order valence-corrected chi connectivity index (χ2v) is 5.57. The van der Waals surface area contributed by atoms with Gasteiger partial charge in [-0.25, -0.2) is 4.39 Å². The Kier molecular flexibility index (Phi) is 4.07.